The Kier molecular flexibility index (Phi) is 4.04. The van der Waals surface area contributed by atoms with Gasteiger partial charge in [0.1, 0.15) is 5.01 Å². The number of hydrogen-bond donors (Lipinski definition) is 1. The summed E-state index contributed by atoms with van der Waals surface area (Å²) >= 11 is 1.69. The number of aryl methyl sites for hydroxylation is 2. The van der Waals surface area contributed by atoms with Crippen LogP contribution in [-0.4, -0.2) is 32.2 Å². The number of aromatic nitrogens is 3. The van der Waals surface area contributed by atoms with Gasteiger partial charge in [0.2, 0.25) is 0 Å². The fourth-order valence-electron chi connectivity index (χ4n) is 3.51. The second-order valence-corrected chi connectivity index (χ2v) is 8.14. The maximum atomic E-state index is 12.9. The number of likely N-dealkylation sites (tertiary alicyclic amines) is 1. The Hall–Kier alpha value is -1.89. The van der Waals surface area contributed by atoms with Crippen LogP contribution < -0.4 is 5.32 Å². The zero-order valence-electron chi connectivity index (χ0n) is 14.1. The van der Waals surface area contributed by atoms with Crippen LogP contribution in [0.15, 0.2) is 18.6 Å². The first-order chi connectivity index (χ1) is 11.6. The van der Waals surface area contributed by atoms with Crippen LogP contribution in [0.25, 0.3) is 0 Å². The van der Waals surface area contributed by atoms with Crippen LogP contribution in [0.1, 0.15) is 53.2 Å². The molecule has 2 aromatic heterocycles. The van der Waals surface area contributed by atoms with E-state index >= 15 is 0 Å². The molecule has 0 radical (unpaired) electrons. The third-order valence-corrected chi connectivity index (χ3v) is 5.90. The molecule has 1 aliphatic heterocycles. The minimum atomic E-state index is 0.0334. The van der Waals surface area contributed by atoms with Crippen molar-refractivity contribution < 1.29 is 4.79 Å². The van der Waals surface area contributed by atoms with E-state index in [9.17, 15) is 4.79 Å². The second-order valence-electron chi connectivity index (χ2n) is 6.87. The molecular weight excluding hydrogens is 322 g/mol. The van der Waals surface area contributed by atoms with Gasteiger partial charge in [-0.3, -0.25) is 4.68 Å². The van der Waals surface area contributed by atoms with Gasteiger partial charge in [0.25, 0.3) is 0 Å². The zero-order chi connectivity index (χ0) is 16.7. The maximum Gasteiger partial charge on any atom is 0.318 e. The Balaban J connectivity index is 1.49. The first-order valence-corrected chi connectivity index (χ1v) is 9.41. The first-order valence-electron chi connectivity index (χ1n) is 8.60. The van der Waals surface area contributed by atoms with Gasteiger partial charge in [0, 0.05) is 36.4 Å². The van der Waals surface area contributed by atoms with Crippen LogP contribution in [0, 0.1) is 12.8 Å². The number of thiazole rings is 1. The molecule has 2 amide bonds. The van der Waals surface area contributed by atoms with E-state index in [0.29, 0.717) is 5.92 Å². The molecule has 1 saturated carbocycles. The van der Waals surface area contributed by atoms with Crippen molar-refractivity contribution in [3.05, 3.63) is 34.0 Å². The lowest BCUT2D eigenvalue weighted by Crippen LogP contribution is -2.41. The van der Waals surface area contributed by atoms with Gasteiger partial charge in [0.15, 0.2) is 0 Å². The molecule has 128 valence electrons. The highest BCUT2D eigenvalue weighted by Crippen LogP contribution is 2.42. The summed E-state index contributed by atoms with van der Waals surface area (Å²) in [6.45, 7) is 2.87. The van der Waals surface area contributed by atoms with Crippen LogP contribution in [0.2, 0.25) is 0 Å². The van der Waals surface area contributed by atoms with Crippen molar-refractivity contribution in [2.45, 2.75) is 44.7 Å². The van der Waals surface area contributed by atoms with Crippen molar-refractivity contribution >= 4 is 17.4 Å². The average molecular weight is 345 g/mol. The topological polar surface area (TPSA) is 63.1 Å². The summed E-state index contributed by atoms with van der Waals surface area (Å²) in [4.78, 5) is 20.6. The van der Waals surface area contributed by atoms with Crippen LogP contribution >= 0.6 is 11.3 Å². The summed E-state index contributed by atoms with van der Waals surface area (Å²) in [5.74, 6) is 0.541. The smallest absolute Gasteiger partial charge is 0.318 e. The number of carbonyl (C=O) groups is 1. The molecule has 0 aromatic carbocycles. The third-order valence-electron chi connectivity index (χ3n) is 4.90. The van der Waals surface area contributed by atoms with E-state index in [1.807, 2.05) is 30.5 Å². The maximum absolute atomic E-state index is 12.9. The van der Waals surface area contributed by atoms with Crippen LogP contribution in [0.4, 0.5) is 4.79 Å². The molecule has 4 rings (SSSR count). The van der Waals surface area contributed by atoms with Gasteiger partial charge in [0.05, 0.1) is 18.3 Å². The molecule has 0 unspecified atom stereocenters. The van der Waals surface area contributed by atoms with Gasteiger partial charge < -0.3 is 10.2 Å². The van der Waals surface area contributed by atoms with Crippen LogP contribution in [0.3, 0.4) is 0 Å². The monoisotopic (exact) mass is 345 g/mol. The van der Waals surface area contributed by atoms with Crippen LogP contribution in [0.5, 0.6) is 0 Å². The van der Waals surface area contributed by atoms with Crippen molar-refractivity contribution in [2.24, 2.45) is 13.0 Å². The number of carbonyl (C=O) groups excluding carboxylic acids is 1. The van der Waals surface area contributed by atoms with Crippen molar-refractivity contribution in [1.29, 1.82) is 0 Å². The largest absolute Gasteiger partial charge is 0.328 e. The van der Waals surface area contributed by atoms with E-state index in [0.717, 1.165) is 30.0 Å². The van der Waals surface area contributed by atoms with Crippen molar-refractivity contribution in [3.8, 4) is 0 Å². The van der Waals surface area contributed by atoms with Gasteiger partial charge in [-0.2, -0.15) is 5.10 Å². The Labute approximate surface area is 145 Å². The molecule has 1 saturated heterocycles. The minimum Gasteiger partial charge on any atom is -0.328 e. The highest BCUT2D eigenvalue weighted by Gasteiger charge is 2.38. The Morgan fingerprint density at radius 3 is 2.83 bits per heavy atom. The highest BCUT2D eigenvalue weighted by atomic mass is 32.1. The average Bonchev–Trinajstić information content (AvgIpc) is 2.95. The van der Waals surface area contributed by atoms with Gasteiger partial charge >= 0.3 is 6.03 Å². The van der Waals surface area contributed by atoms with Crippen LogP contribution in [-0.2, 0) is 7.05 Å². The molecule has 0 bridgehead atoms. The van der Waals surface area contributed by atoms with E-state index in [1.165, 1.54) is 17.7 Å². The number of rotatable bonds is 4. The molecule has 24 heavy (non-hydrogen) atoms. The summed E-state index contributed by atoms with van der Waals surface area (Å²) in [5.41, 5.74) is 1.12. The quantitative estimate of drug-likeness (QED) is 0.926. The Bertz CT molecular complexity index is 735. The number of amides is 2. The summed E-state index contributed by atoms with van der Waals surface area (Å²) < 4.78 is 1.80. The van der Waals surface area contributed by atoms with E-state index in [-0.39, 0.29) is 18.1 Å². The summed E-state index contributed by atoms with van der Waals surface area (Å²) in [7, 11) is 1.91. The molecule has 3 heterocycles. The lowest BCUT2D eigenvalue weighted by atomic mass is 10.1. The van der Waals surface area contributed by atoms with E-state index in [1.54, 1.807) is 16.0 Å². The lowest BCUT2D eigenvalue weighted by molar-refractivity contribution is 0.187. The SMILES string of the molecule is Cc1cnc([C@@H](NC(=O)N2CCC[C@H]2c2cnn(C)c2)C2CC2)s1. The van der Waals surface area contributed by atoms with Crippen molar-refractivity contribution in [3.63, 3.8) is 0 Å². The standard InChI is InChI=1S/C17H23N5OS/c1-11-8-18-16(24-11)15(12-5-6-12)20-17(23)22-7-3-4-14(22)13-9-19-21(2)10-13/h8-10,12,14-15H,3-7H2,1-2H3,(H,20,23)/t14-,15-/m0/s1. The summed E-state index contributed by atoms with van der Waals surface area (Å²) in [5, 5.41) is 8.56. The molecule has 1 aliphatic carbocycles. The number of hydrogen-bond acceptors (Lipinski definition) is 4. The number of nitrogens with one attached hydrogen (secondary N) is 1. The van der Waals surface area contributed by atoms with E-state index in [2.05, 4.69) is 22.3 Å². The molecule has 1 N–H and O–H groups in total. The molecule has 2 atom stereocenters. The molecule has 2 aliphatic rings. The molecule has 7 heteroatoms. The fraction of sp³-hybridized carbons (Fsp3) is 0.588. The summed E-state index contributed by atoms with van der Waals surface area (Å²) in [6, 6.07) is 0.231. The predicted octanol–water partition coefficient (Wildman–Crippen LogP) is 3.18. The lowest BCUT2D eigenvalue weighted by Gasteiger charge is -2.27. The highest BCUT2D eigenvalue weighted by molar-refractivity contribution is 7.11. The fourth-order valence-corrected chi connectivity index (χ4v) is 4.43. The van der Waals surface area contributed by atoms with Crippen molar-refractivity contribution in [1.82, 2.24) is 25.0 Å². The Morgan fingerprint density at radius 1 is 1.38 bits per heavy atom. The molecule has 6 nitrogen and oxygen atoms in total. The predicted molar refractivity (Wildman–Crippen MR) is 92.7 cm³/mol. The summed E-state index contributed by atoms with van der Waals surface area (Å²) in [6.07, 6.45) is 10.2. The number of nitrogens with zero attached hydrogens (tertiary/aromatic N) is 4. The zero-order valence-corrected chi connectivity index (χ0v) is 14.9. The molecule has 2 fully saturated rings. The van der Waals surface area contributed by atoms with Gasteiger partial charge in [-0.15, -0.1) is 11.3 Å². The molecular formula is C17H23N5OS. The van der Waals surface area contributed by atoms with E-state index in [4.69, 9.17) is 0 Å². The van der Waals surface area contributed by atoms with Gasteiger partial charge in [-0.25, -0.2) is 9.78 Å². The third kappa shape index (κ3) is 3.05. The Morgan fingerprint density at radius 2 is 2.21 bits per heavy atom. The molecule has 0 spiro atoms. The van der Waals surface area contributed by atoms with E-state index < -0.39 is 0 Å². The second kappa shape index (κ2) is 6.20. The normalized spacial score (nSPS) is 21.9. The van der Waals surface area contributed by atoms with Crippen molar-refractivity contribution in [2.75, 3.05) is 6.54 Å². The van der Waals surface area contributed by atoms with Gasteiger partial charge in [-0.1, -0.05) is 0 Å². The number of urea groups is 1. The minimum absolute atomic E-state index is 0.0334. The molecule has 2 aromatic rings. The van der Waals surface area contributed by atoms with Gasteiger partial charge in [-0.05, 0) is 38.5 Å². The first kappa shape index (κ1) is 15.6.